The first kappa shape index (κ1) is 17.7. The lowest BCUT2D eigenvalue weighted by Gasteiger charge is -2.34. The fourth-order valence-electron chi connectivity index (χ4n) is 2.91. The Morgan fingerprint density at radius 2 is 1.88 bits per heavy atom. The number of para-hydroxylation sites is 1. The van der Waals surface area contributed by atoms with E-state index in [1.165, 1.54) is 6.07 Å². The zero-order chi connectivity index (χ0) is 18.5. The molecule has 2 aromatic rings. The summed E-state index contributed by atoms with van der Waals surface area (Å²) in [6, 6.07) is 6.51. The third-order valence-corrected chi connectivity index (χ3v) is 4.29. The third kappa shape index (κ3) is 4.12. The van der Waals surface area contributed by atoms with Gasteiger partial charge in [0.15, 0.2) is 0 Å². The van der Waals surface area contributed by atoms with Gasteiger partial charge in [-0.15, -0.1) is 0 Å². The number of rotatable bonds is 5. The standard InChI is InChI=1S/C17H20N6O3/c1-13-4-2-5-14(23(25)26)16(13)20-15(24)12-21-8-10-22(11-9-21)17-18-6-3-7-19-17/h2-7H,8-12H2,1H3,(H,20,24). The number of nitrogens with one attached hydrogen (secondary N) is 1. The van der Waals surface area contributed by atoms with Crippen LogP contribution in [0.2, 0.25) is 0 Å². The zero-order valence-corrected chi connectivity index (χ0v) is 14.5. The van der Waals surface area contributed by atoms with E-state index in [0.29, 0.717) is 24.6 Å². The Kier molecular flexibility index (Phi) is 5.37. The molecule has 0 unspecified atom stereocenters. The Bertz CT molecular complexity index is 790. The Balaban J connectivity index is 1.56. The van der Waals surface area contributed by atoms with Crippen molar-refractivity contribution in [2.24, 2.45) is 0 Å². The molecule has 1 fully saturated rings. The number of nitro groups is 1. The molecule has 3 rings (SSSR count). The Morgan fingerprint density at radius 3 is 2.54 bits per heavy atom. The van der Waals surface area contributed by atoms with Gasteiger partial charge in [-0.1, -0.05) is 12.1 Å². The highest BCUT2D eigenvalue weighted by molar-refractivity contribution is 5.95. The van der Waals surface area contributed by atoms with Crippen molar-refractivity contribution in [3.8, 4) is 0 Å². The molecule has 1 amide bonds. The van der Waals surface area contributed by atoms with Gasteiger partial charge in [-0.25, -0.2) is 9.97 Å². The zero-order valence-electron chi connectivity index (χ0n) is 14.5. The van der Waals surface area contributed by atoms with Crippen LogP contribution in [0.4, 0.5) is 17.3 Å². The van der Waals surface area contributed by atoms with Gasteiger partial charge in [0, 0.05) is 44.6 Å². The van der Waals surface area contributed by atoms with Crippen LogP contribution in [0, 0.1) is 17.0 Å². The molecule has 1 aromatic carbocycles. The summed E-state index contributed by atoms with van der Waals surface area (Å²) in [6.45, 7) is 4.77. The van der Waals surface area contributed by atoms with Gasteiger partial charge in [0.25, 0.3) is 5.69 Å². The maximum absolute atomic E-state index is 12.3. The van der Waals surface area contributed by atoms with E-state index in [9.17, 15) is 14.9 Å². The van der Waals surface area contributed by atoms with Gasteiger partial charge in [-0.3, -0.25) is 19.8 Å². The second-order valence-corrected chi connectivity index (χ2v) is 6.09. The Morgan fingerprint density at radius 1 is 1.19 bits per heavy atom. The second kappa shape index (κ2) is 7.87. The van der Waals surface area contributed by atoms with Crippen molar-refractivity contribution in [2.75, 3.05) is 42.9 Å². The van der Waals surface area contributed by atoms with Crippen molar-refractivity contribution >= 4 is 23.2 Å². The lowest BCUT2D eigenvalue weighted by molar-refractivity contribution is -0.384. The molecular weight excluding hydrogens is 336 g/mol. The maximum Gasteiger partial charge on any atom is 0.293 e. The molecule has 1 aromatic heterocycles. The van der Waals surface area contributed by atoms with Gasteiger partial charge in [-0.2, -0.15) is 0 Å². The van der Waals surface area contributed by atoms with E-state index < -0.39 is 4.92 Å². The fourth-order valence-corrected chi connectivity index (χ4v) is 2.91. The highest BCUT2D eigenvalue weighted by Gasteiger charge is 2.22. The van der Waals surface area contributed by atoms with E-state index in [1.54, 1.807) is 37.5 Å². The highest BCUT2D eigenvalue weighted by Crippen LogP contribution is 2.27. The van der Waals surface area contributed by atoms with Gasteiger partial charge >= 0.3 is 0 Å². The molecule has 1 aliphatic heterocycles. The van der Waals surface area contributed by atoms with Gasteiger partial charge in [0.2, 0.25) is 11.9 Å². The molecule has 1 aliphatic rings. The van der Waals surface area contributed by atoms with Crippen molar-refractivity contribution in [1.29, 1.82) is 0 Å². The first-order chi connectivity index (χ1) is 12.5. The minimum atomic E-state index is -0.485. The number of anilines is 2. The predicted molar refractivity (Wildman–Crippen MR) is 97.1 cm³/mol. The average Bonchev–Trinajstić information content (AvgIpc) is 2.64. The number of carbonyl (C=O) groups is 1. The number of nitrogens with zero attached hydrogens (tertiary/aromatic N) is 5. The number of aryl methyl sites for hydroxylation is 1. The fraction of sp³-hybridized carbons (Fsp3) is 0.353. The minimum absolute atomic E-state index is 0.0932. The predicted octanol–water partition coefficient (Wildman–Crippen LogP) is 1.45. The number of benzene rings is 1. The topological polar surface area (TPSA) is 104 Å². The van der Waals surface area contributed by atoms with Crippen LogP contribution in [0.25, 0.3) is 0 Å². The molecule has 0 atom stereocenters. The van der Waals surface area contributed by atoms with E-state index in [1.807, 2.05) is 4.90 Å². The van der Waals surface area contributed by atoms with Crippen molar-refractivity contribution in [3.05, 3.63) is 52.3 Å². The summed E-state index contributed by atoms with van der Waals surface area (Å²) in [5.74, 6) is 0.430. The normalized spacial score (nSPS) is 14.9. The summed E-state index contributed by atoms with van der Waals surface area (Å²) in [5.41, 5.74) is 0.835. The SMILES string of the molecule is Cc1cccc([N+](=O)[O-])c1NC(=O)CN1CCN(c2ncccn2)CC1. The maximum atomic E-state index is 12.3. The van der Waals surface area contributed by atoms with Crippen molar-refractivity contribution in [3.63, 3.8) is 0 Å². The second-order valence-electron chi connectivity index (χ2n) is 6.09. The van der Waals surface area contributed by atoms with Crippen molar-refractivity contribution < 1.29 is 9.72 Å². The molecular formula is C17H20N6O3. The Hall–Kier alpha value is -3.07. The molecule has 0 aliphatic carbocycles. The average molecular weight is 356 g/mol. The monoisotopic (exact) mass is 356 g/mol. The summed E-state index contributed by atoms with van der Waals surface area (Å²) >= 11 is 0. The van der Waals surface area contributed by atoms with E-state index in [4.69, 9.17) is 0 Å². The minimum Gasteiger partial charge on any atom is -0.338 e. The van der Waals surface area contributed by atoms with Crippen LogP contribution in [-0.2, 0) is 4.79 Å². The molecule has 136 valence electrons. The number of amides is 1. The van der Waals surface area contributed by atoms with Crippen LogP contribution < -0.4 is 10.2 Å². The quantitative estimate of drug-likeness (QED) is 0.638. The first-order valence-corrected chi connectivity index (χ1v) is 8.33. The van der Waals surface area contributed by atoms with Crippen molar-refractivity contribution in [2.45, 2.75) is 6.92 Å². The number of aromatic nitrogens is 2. The molecule has 9 nitrogen and oxygen atoms in total. The van der Waals surface area contributed by atoms with Crippen LogP contribution in [0.3, 0.4) is 0 Å². The third-order valence-electron chi connectivity index (χ3n) is 4.29. The number of piperazine rings is 1. The molecule has 0 spiro atoms. The lowest BCUT2D eigenvalue weighted by Crippen LogP contribution is -2.49. The lowest BCUT2D eigenvalue weighted by atomic mass is 10.1. The van der Waals surface area contributed by atoms with Crippen LogP contribution >= 0.6 is 0 Å². The summed E-state index contributed by atoms with van der Waals surface area (Å²) in [5, 5.41) is 13.8. The summed E-state index contributed by atoms with van der Waals surface area (Å²) in [6.07, 6.45) is 3.41. The molecule has 9 heteroatoms. The van der Waals surface area contributed by atoms with E-state index in [2.05, 4.69) is 20.2 Å². The summed E-state index contributed by atoms with van der Waals surface area (Å²) in [7, 11) is 0. The van der Waals surface area contributed by atoms with E-state index in [0.717, 1.165) is 13.1 Å². The van der Waals surface area contributed by atoms with Crippen LogP contribution in [-0.4, -0.2) is 58.4 Å². The molecule has 26 heavy (non-hydrogen) atoms. The molecule has 0 saturated carbocycles. The number of nitro benzene ring substituents is 1. The number of hydrogen-bond acceptors (Lipinski definition) is 7. The van der Waals surface area contributed by atoms with Gasteiger partial charge in [-0.05, 0) is 18.6 Å². The van der Waals surface area contributed by atoms with Crippen LogP contribution in [0.5, 0.6) is 0 Å². The van der Waals surface area contributed by atoms with Gasteiger partial charge in [0.05, 0.1) is 11.5 Å². The summed E-state index contributed by atoms with van der Waals surface area (Å²) in [4.78, 5) is 35.6. The van der Waals surface area contributed by atoms with E-state index >= 15 is 0 Å². The Labute approximate surface area is 150 Å². The molecule has 0 radical (unpaired) electrons. The summed E-state index contributed by atoms with van der Waals surface area (Å²) < 4.78 is 0. The number of hydrogen-bond donors (Lipinski definition) is 1. The molecule has 1 saturated heterocycles. The van der Waals surface area contributed by atoms with Gasteiger partial charge < -0.3 is 10.2 Å². The van der Waals surface area contributed by atoms with Gasteiger partial charge in [0.1, 0.15) is 5.69 Å². The molecule has 0 bridgehead atoms. The molecule has 1 N–H and O–H groups in total. The van der Waals surface area contributed by atoms with Crippen molar-refractivity contribution in [1.82, 2.24) is 14.9 Å². The number of carbonyl (C=O) groups excluding carboxylic acids is 1. The van der Waals surface area contributed by atoms with Crippen LogP contribution in [0.1, 0.15) is 5.56 Å². The van der Waals surface area contributed by atoms with Crippen LogP contribution in [0.15, 0.2) is 36.7 Å². The first-order valence-electron chi connectivity index (χ1n) is 8.33. The largest absolute Gasteiger partial charge is 0.338 e. The smallest absolute Gasteiger partial charge is 0.293 e. The molecule has 2 heterocycles. The highest BCUT2D eigenvalue weighted by atomic mass is 16.6. The van der Waals surface area contributed by atoms with E-state index in [-0.39, 0.29) is 23.8 Å².